The van der Waals surface area contributed by atoms with Gasteiger partial charge in [0, 0.05) is 61.6 Å². The van der Waals surface area contributed by atoms with Gasteiger partial charge < -0.3 is 65.1 Å². The lowest BCUT2D eigenvalue weighted by Gasteiger charge is -2.37. The van der Waals surface area contributed by atoms with Crippen LogP contribution in [0.5, 0.6) is 17.2 Å². The van der Waals surface area contributed by atoms with Crippen LogP contribution in [0.4, 0.5) is 10.3 Å². The summed E-state index contributed by atoms with van der Waals surface area (Å²) in [6.07, 6.45) is 11.7. The Morgan fingerprint density at radius 2 is 0.979 bits per heavy atom. The number of aromatic nitrogens is 5. The molecule has 19 nitrogen and oxygen atoms in total. The molecule has 24 heteroatoms. The van der Waals surface area contributed by atoms with Crippen LogP contribution in [0, 0.1) is 6.92 Å². The van der Waals surface area contributed by atoms with Crippen molar-refractivity contribution in [2.75, 3.05) is 69.4 Å². The number of hydrogen-bond acceptors (Lipinski definition) is 21. The maximum atomic E-state index is 10.8. The first-order valence-electron chi connectivity index (χ1n) is 33.3. The standard InChI is InChI=1S/C26H39N3O5SSi.C26H37N3O4SSi.C18H29NO3Si/c1-7-18(16-32-36(5,6)26(2,3)4)33-19-9-10-20-22(13-19)34-24(28-20)14-21(30)23-15-27-25(35-23)29-11-8-12-31-17-29;1-7-19(17-31-35(5,6)26(2,3)4)32-20-9-11-22-23(15-20)33-24(28-22)12-10-21-16-27-25(34-21)29-13-8-14-30-18-29;1-8-14(12-20-23(6,7)18(3,4)5)22-15-9-10-16-17(11-15)21-13(2)19-16/h9-10,13,15,18,21,30H,7-8,11-12,14,16-17H2,1-6H3;9-12,15-16,19H,7-8,13-14,17-18H2,1-6H3;9-11,14H,8,12H2,1-7H3/b;12-10+;. The van der Waals surface area contributed by atoms with E-state index in [1.807, 2.05) is 79.9 Å². The van der Waals surface area contributed by atoms with E-state index in [0.717, 1.165) is 118 Å². The van der Waals surface area contributed by atoms with Gasteiger partial charge in [-0.1, -0.05) is 106 Å². The number of benzene rings is 3. The largest absolute Gasteiger partial charge is 0.488 e. The molecule has 3 aromatic carbocycles. The number of thiazole rings is 2. The Labute approximate surface area is 568 Å². The van der Waals surface area contributed by atoms with Crippen molar-refractivity contribution in [3.05, 3.63) is 94.4 Å². The van der Waals surface area contributed by atoms with Crippen molar-refractivity contribution in [3.63, 3.8) is 0 Å². The fourth-order valence-corrected chi connectivity index (χ4v) is 14.0. The number of aliphatic hydroxyl groups excluding tert-OH is 1. The molecule has 2 fully saturated rings. The first-order chi connectivity index (χ1) is 44.3. The van der Waals surface area contributed by atoms with Crippen molar-refractivity contribution in [1.82, 2.24) is 24.9 Å². The number of aliphatic hydroxyl groups is 1. The number of nitrogens with zero attached hydrogens (tertiary/aromatic N) is 7. The molecule has 1 N–H and O–H groups in total. The van der Waals surface area contributed by atoms with E-state index in [-0.39, 0.29) is 39.8 Å². The lowest BCUT2D eigenvalue weighted by Crippen LogP contribution is -2.43. The summed E-state index contributed by atoms with van der Waals surface area (Å²) in [7, 11) is -5.40. The molecule has 0 radical (unpaired) electrons. The predicted molar refractivity (Wildman–Crippen MR) is 388 cm³/mol. The van der Waals surface area contributed by atoms with Gasteiger partial charge in [0.15, 0.2) is 63.7 Å². The molecule has 0 aliphatic carbocycles. The summed E-state index contributed by atoms with van der Waals surface area (Å²) in [6.45, 7) is 48.5. The first-order valence-corrected chi connectivity index (χ1v) is 43.7. The number of ether oxygens (including phenoxy) is 5. The van der Waals surface area contributed by atoms with Gasteiger partial charge in [-0.3, -0.25) is 0 Å². The number of aryl methyl sites for hydroxylation is 1. The third kappa shape index (κ3) is 20.5. The summed E-state index contributed by atoms with van der Waals surface area (Å²) in [5.74, 6) is 4.02. The summed E-state index contributed by atoms with van der Waals surface area (Å²) in [4.78, 5) is 28.5. The molecule has 0 spiro atoms. The van der Waals surface area contributed by atoms with Gasteiger partial charge in [-0.15, -0.1) is 0 Å². The van der Waals surface area contributed by atoms with Crippen LogP contribution >= 0.6 is 22.7 Å². The fourth-order valence-electron chi connectivity index (χ4n) is 9.10. The van der Waals surface area contributed by atoms with Crippen LogP contribution in [0.1, 0.15) is 149 Å². The minimum atomic E-state index is -1.84. The van der Waals surface area contributed by atoms with Gasteiger partial charge in [0.1, 0.15) is 65.6 Å². The van der Waals surface area contributed by atoms with E-state index < -0.39 is 31.1 Å². The molecule has 8 aromatic rings. The summed E-state index contributed by atoms with van der Waals surface area (Å²) in [5.41, 5.74) is 4.52. The molecule has 0 amide bonds. The molecule has 94 heavy (non-hydrogen) atoms. The lowest BCUT2D eigenvalue weighted by atomic mass is 10.2. The van der Waals surface area contributed by atoms with E-state index in [1.165, 1.54) is 11.3 Å². The van der Waals surface area contributed by atoms with E-state index in [2.05, 4.69) is 157 Å². The number of rotatable bonds is 25. The molecular formula is C70H105N7O12S2Si3. The highest BCUT2D eigenvalue weighted by Crippen LogP contribution is 2.40. The highest BCUT2D eigenvalue weighted by atomic mass is 32.1. The number of hydrogen-bond donors (Lipinski definition) is 1. The van der Waals surface area contributed by atoms with Gasteiger partial charge in [-0.05, 0) is 129 Å². The average molecular weight is 1390 g/mol. The predicted octanol–water partition coefficient (Wildman–Crippen LogP) is 18.1. The minimum Gasteiger partial charge on any atom is -0.488 e. The van der Waals surface area contributed by atoms with Crippen molar-refractivity contribution in [3.8, 4) is 17.2 Å². The second-order valence-corrected chi connectivity index (χ2v) is 45.4. The van der Waals surface area contributed by atoms with Gasteiger partial charge >= 0.3 is 0 Å². The van der Waals surface area contributed by atoms with Crippen LogP contribution < -0.4 is 24.0 Å². The topological polar surface area (TPSA) is 204 Å². The molecule has 0 bridgehead atoms. The number of anilines is 2. The zero-order valence-electron chi connectivity index (χ0n) is 59.3. The molecule has 4 atom stereocenters. The summed E-state index contributed by atoms with van der Waals surface area (Å²) >= 11 is 3.11. The average Bonchev–Trinajstić information content (AvgIpc) is 1.53. The van der Waals surface area contributed by atoms with E-state index in [0.29, 0.717) is 62.1 Å². The third-order valence-corrected chi connectivity index (χ3v) is 34.1. The van der Waals surface area contributed by atoms with Gasteiger partial charge in [-0.25, -0.2) is 24.9 Å². The van der Waals surface area contributed by atoms with Gasteiger partial charge in [-0.2, -0.15) is 0 Å². The molecule has 2 aliphatic rings. The maximum absolute atomic E-state index is 10.8. The maximum Gasteiger partial charge on any atom is 0.220 e. The Balaban J connectivity index is 0.000000186. The van der Waals surface area contributed by atoms with E-state index in [4.69, 9.17) is 50.2 Å². The second-order valence-electron chi connectivity index (χ2n) is 28.9. The fraction of sp³-hybridized carbons (Fsp3) is 0.586. The first kappa shape index (κ1) is 74.3. The Bertz CT molecular complexity index is 3680. The van der Waals surface area contributed by atoms with Crippen LogP contribution in [0.2, 0.25) is 54.4 Å². The third-order valence-electron chi connectivity index (χ3n) is 18.4. The molecule has 516 valence electrons. The molecule has 10 rings (SSSR count). The molecule has 2 saturated heterocycles. The molecular weight excluding hydrogens is 1280 g/mol. The zero-order valence-corrected chi connectivity index (χ0v) is 63.9. The summed E-state index contributed by atoms with van der Waals surface area (Å²) in [5, 5.41) is 13.2. The van der Waals surface area contributed by atoms with E-state index in [9.17, 15) is 5.11 Å². The number of fused-ring (bicyclic) bond motifs is 3. The SMILES string of the molecule is CCC(CO[Si](C)(C)C(C)(C)C)Oc1ccc2nc(/C=C/c3cnc(N4CCCOC4)s3)oc2c1.CCC(CO[Si](C)(C)C(C)(C)C)Oc1ccc2nc(C)oc2c1.CCC(CO[Si](C)(C)C(C)(C)C)Oc1ccc2nc(CC(O)c3cnc(N4CCCOC4)s3)oc2c1. The van der Waals surface area contributed by atoms with Crippen LogP contribution in [-0.2, 0) is 29.2 Å². The Kier molecular flexibility index (Phi) is 25.5. The van der Waals surface area contributed by atoms with Crippen molar-refractivity contribution in [2.24, 2.45) is 0 Å². The van der Waals surface area contributed by atoms with Gasteiger partial charge in [0.2, 0.25) is 5.89 Å². The highest BCUT2D eigenvalue weighted by Gasteiger charge is 2.40. The monoisotopic (exact) mass is 1380 g/mol. The molecule has 0 saturated carbocycles. The Morgan fingerprint density at radius 3 is 1.43 bits per heavy atom. The quantitative estimate of drug-likeness (QED) is 0.0528. The van der Waals surface area contributed by atoms with Crippen LogP contribution in [0.25, 0.3) is 45.5 Å². The normalized spacial score (nSPS) is 16.0. The molecule has 7 heterocycles. The van der Waals surface area contributed by atoms with Crippen LogP contribution in [0.15, 0.2) is 80.2 Å². The zero-order chi connectivity index (χ0) is 68.2. The van der Waals surface area contributed by atoms with Crippen LogP contribution in [0.3, 0.4) is 0 Å². The van der Waals surface area contributed by atoms with Crippen molar-refractivity contribution in [2.45, 2.75) is 207 Å². The van der Waals surface area contributed by atoms with Crippen LogP contribution in [-0.4, -0.2) is 133 Å². The summed E-state index contributed by atoms with van der Waals surface area (Å²) in [6, 6.07) is 17.3. The Hall–Kier alpha value is -5.52. The summed E-state index contributed by atoms with van der Waals surface area (Å²) < 4.78 is 66.2. The van der Waals surface area contributed by atoms with Crippen molar-refractivity contribution >= 4 is 103 Å². The molecule has 2 aliphatic heterocycles. The number of oxazole rings is 3. The second kappa shape index (κ2) is 32.2. The molecule has 4 unspecified atom stereocenters. The highest BCUT2D eigenvalue weighted by molar-refractivity contribution is 7.16. The van der Waals surface area contributed by atoms with Crippen molar-refractivity contribution < 1.29 is 55.3 Å². The Morgan fingerprint density at radius 1 is 0.553 bits per heavy atom. The minimum absolute atomic E-state index is 0.00492. The van der Waals surface area contributed by atoms with E-state index in [1.54, 1.807) is 17.5 Å². The van der Waals surface area contributed by atoms with Gasteiger partial charge in [0.05, 0.1) is 50.4 Å². The van der Waals surface area contributed by atoms with Gasteiger partial charge in [0.25, 0.3) is 0 Å². The smallest absolute Gasteiger partial charge is 0.220 e. The molecule has 5 aromatic heterocycles. The van der Waals surface area contributed by atoms with E-state index >= 15 is 0 Å². The van der Waals surface area contributed by atoms with Crippen molar-refractivity contribution in [1.29, 1.82) is 0 Å². The lowest BCUT2D eigenvalue weighted by molar-refractivity contribution is 0.107.